The van der Waals surface area contributed by atoms with Gasteiger partial charge in [0, 0.05) is 24.3 Å². The second-order valence-corrected chi connectivity index (χ2v) is 4.64. The van der Waals surface area contributed by atoms with Gasteiger partial charge in [0.05, 0.1) is 0 Å². The maximum absolute atomic E-state index is 11.9. The molecule has 96 valence electrons. The number of carbonyl (C=O) groups is 2. The molecule has 1 unspecified atom stereocenters. The Bertz CT molecular complexity index is 317. The molecule has 0 bridgehead atoms. The summed E-state index contributed by atoms with van der Waals surface area (Å²) < 4.78 is 0. The average Bonchev–Trinajstić information content (AvgIpc) is 2.47. The largest absolute Gasteiger partial charge is 0.396 e. The lowest BCUT2D eigenvalue weighted by molar-refractivity contribution is -0.138. The molecule has 4 nitrogen and oxygen atoms in total. The van der Waals surface area contributed by atoms with Gasteiger partial charge >= 0.3 is 0 Å². The van der Waals surface area contributed by atoms with Crippen LogP contribution >= 0.6 is 0 Å². The molecule has 0 fully saturated rings. The summed E-state index contributed by atoms with van der Waals surface area (Å²) in [5.41, 5.74) is 1.10. The molecule has 1 heterocycles. The molecule has 1 N–H and O–H groups in total. The zero-order chi connectivity index (χ0) is 13.0. The summed E-state index contributed by atoms with van der Waals surface area (Å²) in [4.78, 5) is 25.0. The van der Waals surface area contributed by atoms with Crippen molar-refractivity contribution in [3.05, 3.63) is 11.1 Å². The molecule has 17 heavy (non-hydrogen) atoms. The Labute approximate surface area is 102 Å². The van der Waals surface area contributed by atoms with Gasteiger partial charge < -0.3 is 5.11 Å². The van der Waals surface area contributed by atoms with Crippen LogP contribution in [-0.2, 0) is 9.59 Å². The van der Waals surface area contributed by atoms with Crippen molar-refractivity contribution in [2.24, 2.45) is 5.92 Å². The molecule has 0 aliphatic carbocycles. The first-order chi connectivity index (χ1) is 8.02. The van der Waals surface area contributed by atoms with Gasteiger partial charge in [0.25, 0.3) is 11.8 Å². The molecule has 0 saturated heterocycles. The summed E-state index contributed by atoms with van der Waals surface area (Å²) in [6.45, 7) is 5.98. The molecule has 0 aromatic rings. The fraction of sp³-hybridized carbons (Fsp3) is 0.692. The lowest BCUT2D eigenvalue weighted by atomic mass is 9.99. The monoisotopic (exact) mass is 239 g/mol. The second kappa shape index (κ2) is 5.96. The lowest BCUT2D eigenvalue weighted by Gasteiger charge is -2.22. The third-order valence-electron chi connectivity index (χ3n) is 3.37. The SMILES string of the molecule is CCCC(CCO)CN1C(=O)C(C)=C(C)C1=O. The summed E-state index contributed by atoms with van der Waals surface area (Å²) in [5, 5.41) is 8.97. The standard InChI is InChI=1S/C13H21NO3/c1-4-5-11(6-7-15)8-14-12(16)9(2)10(3)13(14)17/h11,15H,4-8H2,1-3H3. The number of imide groups is 1. The Hall–Kier alpha value is -1.16. The van der Waals surface area contributed by atoms with Crippen molar-refractivity contribution < 1.29 is 14.7 Å². The molecule has 0 aromatic heterocycles. The van der Waals surface area contributed by atoms with Crippen molar-refractivity contribution in [1.29, 1.82) is 0 Å². The van der Waals surface area contributed by atoms with Crippen LogP contribution in [0.5, 0.6) is 0 Å². The van der Waals surface area contributed by atoms with E-state index in [1.54, 1.807) is 13.8 Å². The first-order valence-electron chi connectivity index (χ1n) is 6.17. The minimum absolute atomic E-state index is 0.103. The molecular weight excluding hydrogens is 218 g/mol. The predicted octanol–water partition coefficient (Wildman–Crippen LogP) is 1.49. The van der Waals surface area contributed by atoms with Gasteiger partial charge in [-0.3, -0.25) is 14.5 Å². The third kappa shape index (κ3) is 2.94. The highest BCUT2D eigenvalue weighted by atomic mass is 16.3. The van der Waals surface area contributed by atoms with Gasteiger partial charge in [-0.05, 0) is 32.6 Å². The molecule has 1 aliphatic heterocycles. The van der Waals surface area contributed by atoms with Gasteiger partial charge in [-0.2, -0.15) is 0 Å². The van der Waals surface area contributed by atoms with Gasteiger partial charge in [-0.1, -0.05) is 13.3 Å². The van der Waals surface area contributed by atoms with E-state index in [4.69, 9.17) is 5.11 Å². The van der Waals surface area contributed by atoms with Crippen LogP contribution < -0.4 is 0 Å². The summed E-state index contributed by atoms with van der Waals surface area (Å²) in [5.74, 6) is -0.144. The molecule has 4 heteroatoms. The van der Waals surface area contributed by atoms with Crippen LogP contribution in [0.1, 0.15) is 40.0 Å². The number of hydrogen-bond donors (Lipinski definition) is 1. The van der Waals surface area contributed by atoms with E-state index in [0.29, 0.717) is 24.1 Å². The Morgan fingerprint density at radius 2 is 1.65 bits per heavy atom. The molecule has 1 aliphatic rings. The molecule has 2 amide bonds. The van der Waals surface area contributed by atoms with Crippen molar-refractivity contribution in [3.63, 3.8) is 0 Å². The van der Waals surface area contributed by atoms with E-state index >= 15 is 0 Å². The number of rotatable bonds is 6. The van der Waals surface area contributed by atoms with Crippen molar-refractivity contribution >= 4 is 11.8 Å². The Balaban J connectivity index is 2.69. The van der Waals surface area contributed by atoms with E-state index < -0.39 is 0 Å². The number of aliphatic hydroxyl groups excluding tert-OH is 1. The van der Waals surface area contributed by atoms with Crippen LogP contribution in [0.2, 0.25) is 0 Å². The molecule has 0 saturated carbocycles. The maximum Gasteiger partial charge on any atom is 0.256 e. The van der Waals surface area contributed by atoms with Gasteiger partial charge in [0.1, 0.15) is 0 Å². The van der Waals surface area contributed by atoms with Crippen LogP contribution in [0, 0.1) is 5.92 Å². The minimum Gasteiger partial charge on any atom is -0.396 e. The third-order valence-corrected chi connectivity index (χ3v) is 3.37. The van der Waals surface area contributed by atoms with Crippen molar-refractivity contribution in [1.82, 2.24) is 4.90 Å². The Kier molecular flexibility index (Phi) is 4.87. The highest BCUT2D eigenvalue weighted by molar-refractivity contribution is 6.18. The van der Waals surface area contributed by atoms with Crippen LogP contribution in [0.3, 0.4) is 0 Å². The number of nitrogens with zero attached hydrogens (tertiary/aromatic N) is 1. The maximum atomic E-state index is 11.9. The number of hydrogen-bond acceptors (Lipinski definition) is 3. The van der Waals surface area contributed by atoms with Crippen molar-refractivity contribution in [2.75, 3.05) is 13.2 Å². The Morgan fingerprint density at radius 1 is 1.12 bits per heavy atom. The summed E-state index contributed by atoms with van der Waals surface area (Å²) in [6.07, 6.45) is 2.56. The first-order valence-corrected chi connectivity index (χ1v) is 6.17. The molecule has 0 radical (unpaired) electrons. The van der Waals surface area contributed by atoms with Crippen LogP contribution in [0.4, 0.5) is 0 Å². The van der Waals surface area contributed by atoms with E-state index in [1.807, 2.05) is 0 Å². The van der Waals surface area contributed by atoms with Gasteiger partial charge in [-0.15, -0.1) is 0 Å². The first kappa shape index (κ1) is 13.9. The highest BCUT2D eigenvalue weighted by Gasteiger charge is 2.34. The van der Waals surface area contributed by atoms with Crippen LogP contribution in [0.25, 0.3) is 0 Å². The highest BCUT2D eigenvalue weighted by Crippen LogP contribution is 2.23. The quantitative estimate of drug-likeness (QED) is 0.714. The fourth-order valence-electron chi connectivity index (χ4n) is 2.16. The van der Waals surface area contributed by atoms with E-state index in [1.165, 1.54) is 4.90 Å². The number of amides is 2. The molecule has 1 rings (SSSR count). The van der Waals surface area contributed by atoms with E-state index in [2.05, 4.69) is 6.92 Å². The molecule has 0 aromatic carbocycles. The number of carbonyl (C=O) groups excluding carboxylic acids is 2. The summed E-state index contributed by atoms with van der Waals surface area (Å²) >= 11 is 0. The summed E-state index contributed by atoms with van der Waals surface area (Å²) in [6, 6.07) is 0. The van der Waals surface area contributed by atoms with Gasteiger partial charge in [0.2, 0.25) is 0 Å². The van der Waals surface area contributed by atoms with Crippen molar-refractivity contribution in [3.8, 4) is 0 Å². The topological polar surface area (TPSA) is 57.6 Å². The second-order valence-electron chi connectivity index (χ2n) is 4.64. The van der Waals surface area contributed by atoms with Crippen LogP contribution in [-0.4, -0.2) is 35.0 Å². The van der Waals surface area contributed by atoms with Gasteiger partial charge in [-0.25, -0.2) is 0 Å². The average molecular weight is 239 g/mol. The Morgan fingerprint density at radius 3 is 2.06 bits per heavy atom. The fourth-order valence-corrected chi connectivity index (χ4v) is 2.16. The smallest absolute Gasteiger partial charge is 0.256 e. The van der Waals surface area contributed by atoms with E-state index in [0.717, 1.165) is 12.8 Å². The minimum atomic E-state index is -0.174. The van der Waals surface area contributed by atoms with E-state index in [9.17, 15) is 9.59 Å². The molecule has 0 spiro atoms. The van der Waals surface area contributed by atoms with E-state index in [-0.39, 0.29) is 24.3 Å². The normalized spacial score (nSPS) is 18.2. The molecular formula is C13H21NO3. The zero-order valence-corrected chi connectivity index (χ0v) is 10.8. The number of aliphatic hydroxyl groups is 1. The molecule has 1 atom stereocenters. The lowest BCUT2D eigenvalue weighted by Crippen LogP contribution is -2.36. The zero-order valence-electron chi connectivity index (χ0n) is 10.8. The van der Waals surface area contributed by atoms with Gasteiger partial charge in [0.15, 0.2) is 0 Å². The predicted molar refractivity (Wildman–Crippen MR) is 65.2 cm³/mol. The summed E-state index contributed by atoms with van der Waals surface area (Å²) in [7, 11) is 0. The van der Waals surface area contributed by atoms with Crippen LogP contribution in [0.15, 0.2) is 11.1 Å². The van der Waals surface area contributed by atoms with Crippen molar-refractivity contribution in [2.45, 2.75) is 40.0 Å².